The molecule has 0 saturated heterocycles. The van der Waals surface area contributed by atoms with Gasteiger partial charge in [0, 0.05) is 6.20 Å². The smallest absolute Gasteiger partial charge is 0.236 e. The minimum atomic E-state index is -3.69. The first-order valence-electron chi connectivity index (χ1n) is 8.83. The van der Waals surface area contributed by atoms with Gasteiger partial charge in [-0.15, -0.1) is 11.3 Å². The number of sulfonamides is 1. The molecule has 0 spiro atoms. The Balaban J connectivity index is 2.02. The molecule has 0 aliphatic carbocycles. The fraction of sp³-hybridized carbons (Fsp3) is 0.316. The molecule has 5 nitrogen and oxygen atoms in total. The third-order valence-electron chi connectivity index (χ3n) is 4.61. The third kappa shape index (κ3) is 4.43. The quantitative estimate of drug-likeness (QED) is 0.551. The first-order valence-corrected chi connectivity index (χ1v) is 11.5. The second-order valence-electron chi connectivity index (χ2n) is 6.24. The number of nitrogens with one attached hydrogen (secondary N) is 1. The van der Waals surface area contributed by atoms with Crippen LogP contribution in [0.25, 0.3) is 5.69 Å². The Hall–Kier alpha value is -1.67. The lowest BCUT2D eigenvalue weighted by molar-refractivity contribution is 0.366. The van der Waals surface area contributed by atoms with Gasteiger partial charge in [-0.3, -0.25) is 0 Å². The molecule has 144 valence electrons. The number of hydrogen-bond donors (Lipinski definition) is 1. The van der Waals surface area contributed by atoms with Gasteiger partial charge in [0.05, 0.1) is 21.8 Å². The van der Waals surface area contributed by atoms with Crippen LogP contribution in [0.2, 0.25) is 4.34 Å². The molecule has 1 N–H and O–H groups in total. The number of hydrogen-bond acceptors (Lipinski definition) is 4. The zero-order valence-corrected chi connectivity index (χ0v) is 17.6. The molecule has 3 rings (SSSR count). The van der Waals surface area contributed by atoms with Crippen molar-refractivity contribution in [3.05, 3.63) is 64.8 Å². The van der Waals surface area contributed by atoms with E-state index in [-0.39, 0.29) is 10.1 Å². The maximum Gasteiger partial charge on any atom is 0.250 e. The Morgan fingerprint density at radius 1 is 1.11 bits per heavy atom. The van der Waals surface area contributed by atoms with E-state index in [1.807, 2.05) is 36.4 Å². The van der Waals surface area contributed by atoms with E-state index >= 15 is 0 Å². The summed E-state index contributed by atoms with van der Waals surface area (Å²) in [7, 11) is -3.69. The van der Waals surface area contributed by atoms with Gasteiger partial charge < -0.3 is 0 Å². The van der Waals surface area contributed by atoms with E-state index in [4.69, 9.17) is 11.6 Å². The number of para-hydroxylation sites is 1. The van der Waals surface area contributed by atoms with Gasteiger partial charge in [-0.1, -0.05) is 56.5 Å². The second-order valence-corrected chi connectivity index (χ2v) is 9.89. The Bertz CT molecular complexity index is 979. The molecule has 8 heteroatoms. The van der Waals surface area contributed by atoms with E-state index in [0.29, 0.717) is 4.34 Å². The average molecular weight is 424 g/mol. The molecule has 1 atom stereocenters. The van der Waals surface area contributed by atoms with Crippen molar-refractivity contribution in [2.75, 3.05) is 0 Å². The lowest BCUT2D eigenvalue weighted by atomic mass is 9.92. The molecule has 1 aromatic carbocycles. The highest BCUT2D eigenvalue weighted by Gasteiger charge is 2.30. The summed E-state index contributed by atoms with van der Waals surface area (Å²) < 4.78 is 31.3. The van der Waals surface area contributed by atoms with Crippen LogP contribution in [0.4, 0.5) is 0 Å². The summed E-state index contributed by atoms with van der Waals surface area (Å²) in [5.74, 6) is 0.134. The van der Waals surface area contributed by atoms with E-state index in [1.165, 1.54) is 6.07 Å². The van der Waals surface area contributed by atoms with Crippen molar-refractivity contribution in [3.63, 3.8) is 0 Å². The van der Waals surface area contributed by atoms with Crippen molar-refractivity contribution in [3.8, 4) is 5.69 Å². The summed E-state index contributed by atoms with van der Waals surface area (Å²) in [6.45, 7) is 4.14. The van der Waals surface area contributed by atoms with Gasteiger partial charge in [0.1, 0.15) is 4.21 Å². The number of benzene rings is 1. The lowest BCUT2D eigenvalue weighted by Gasteiger charge is -2.27. The molecule has 0 amide bonds. The van der Waals surface area contributed by atoms with E-state index in [2.05, 4.69) is 23.7 Å². The Morgan fingerprint density at radius 2 is 1.81 bits per heavy atom. The highest BCUT2D eigenvalue weighted by atomic mass is 35.5. The highest BCUT2D eigenvalue weighted by Crippen LogP contribution is 2.32. The van der Waals surface area contributed by atoms with Crippen LogP contribution in [-0.4, -0.2) is 18.2 Å². The fourth-order valence-electron chi connectivity index (χ4n) is 3.16. The summed E-state index contributed by atoms with van der Waals surface area (Å²) >= 11 is 6.99. The molecule has 2 heterocycles. The van der Waals surface area contributed by atoms with Crippen molar-refractivity contribution in [1.82, 2.24) is 14.5 Å². The first kappa shape index (κ1) is 20.1. The predicted octanol–water partition coefficient (Wildman–Crippen LogP) is 5.04. The monoisotopic (exact) mass is 423 g/mol. The molecule has 0 bridgehead atoms. The number of halogens is 1. The lowest BCUT2D eigenvalue weighted by Crippen LogP contribution is -2.34. The van der Waals surface area contributed by atoms with Gasteiger partial charge in [-0.2, -0.15) is 5.10 Å². The van der Waals surface area contributed by atoms with Crippen LogP contribution in [0, 0.1) is 5.92 Å². The second kappa shape index (κ2) is 8.56. The van der Waals surface area contributed by atoms with Gasteiger partial charge >= 0.3 is 0 Å². The molecule has 0 aliphatic heterocycles. The first-order chi connectivity index (χ1) is 13.0. The van der Waals surface area contributed by atoms with Crippen LogP contribution in [0.15, 0.2) is 58.9 Å². The van der Waals surface area contributed by atoms with Crippen LogP contribution in [0.3, 0.4) is 0 Å². The van der Waals surface area contributed by atoms with Crippen LogP contribution in [0.1, 0.15) is 38.4 Å². The highest BCUT2D eigenvalue weighted by molar-refractivity contribution is 7.91. The van der Waals surface area contributed by atoms with Crippen molar-refractivity contribution in [1.29, 1.82) is 0 Å². The van der Waals surface area contributed by atoms with E-state index in [0.717, 1.165) is 35.6 Å². The summed E-state index contributed by atoms with van der Waals surface area (Å²) in [5.41, 5.74) is 1.72. The van der Waals surface area contributed by atoms with Gasteiger partial charge in [0.15, 0.2) is 0 Å². The number of nitrogens with zero attached hydrogens (tertiary/aromatic N) is 2. The molecule has 0 fully saturated rings. The van der Waals surface area contributed by atoms with E-state index in [1.54, 1.807) is 16.9 Å². The SMILES string of the molecule is CCC(CC)C(NS(=O)(=O)c1ccc(Cl)s1)c1ccnn1-c1ccccc1. The number of aromatic nitrogens is 2. The minimum absolute atomic E-state index is 0.134. The zero-order valence-electron chi connectivity index (χ0n) is 15.2. The van der Waals surface area contributed by atoms with Crippen molar-refractivity contribution >= 4 is 33.0 Å². The van der Waals surface area contributed by atoms with Gasteiger partial charge in [0.2, 0.25) is 0 Å². The Kier molecular flexibility index (Phi) is 6.37. The third-order valence-corrected chi connectivity index (χ3v) is 7.77. The molecular weight excluding hydrogens is 402 g/mol. The van der Waals surface area contributed by atoms with Crippen molar-refractivity contribution in [2.24, 2.45) is 5.92 Å². The van der Waals surface area contributed by atoms with Crippen LogP contribution in [-0.2, 0) is 10.0 Å². The van der Waals surface area contributed by atoms with Crippen molar-refractivity contribution < 1.29 is 8.42 Å². The molecule has 3 aromatic rings. The average Bonchev–Trinajstić information content (AvgIpc) is 3.32. The summed E-state index contributed by atoms with van der Waals surface area (Å²) in [6, 6.07) is 14.3. The molecule has 0 radical (unpaired) electrons. The number of thiophene rings is 1. The van der Waals surface area contributed by atoms with Crippen LogP contribution in [0.5, 0.6) is 0 Å². The largest absolute Gasteiger partial charge is 0.250 e. The molecule has 0 aliphatic rings. The summed E-state index contributed by atoms with van der Waals surface area (Å²) in [4.78, 5) is 0. The molecule has 1 unspecified atom stereocenters. The minimum Gasteiger partial charge on any atom is -0.236 e. The summed E-state index contributed by atoms with van der Waals surface area (Å²) in [5, 5.41) is 4.43. The maximum atomic E-state index is 12.9. The summed E-state index contributed by atoms with van der Waals surface area (Å²) in [6.07, 6.45) is 3.39. The standard InChI is InChI=1S/C19H22ClN3O2S2/c1-3-14(4-2)19(22-27(24,25)18-11-10-17(20)26-18)16-12-13-21-23(16)15-8-6-5-7-9-15/h5-14,19,22H,3-4H2,1-2H3. The fourth-order valence-corrected chi connectivity index (χ4v) is 5.94. The molecular formula is C19H22ClN3O2S2. The predicted molar refractivity (Wildman–Crippen MR) is 110 cm³/mol. The topological polar surface area (TPSA) is 64.0 Å². The zero-order chi connectivity index (χ0) is 19.4. The van der Waals surface area contributed by atoms with Gasteiger partial charge in [0.25, 0.3) is 10.0 Å². The van der Waals surface area contributed by atoms with Gasteiger partial charge in [-0.25, -0.2) is 17.8 Å². The Morgan fingerprint density at radius 3 is 2.41 bits per heavy atom. The van der Waals surface area contributed by atoms with E-state index in [9.17, 15) is 8.42 Å². The normalized spacial score (nSPS) is 13.2. The van der Waals surface area contributed by atoms with Crippen LogP contribution >= 0.6 is 22.9 Å². The molecule has 2 aromatic heterocycles. The molecule has 0 saturated carbocycles. The van der Waals surface area contributed by atoms with Gasteiger partial charge in [-0.05, 0) is 36.2 Å². The molecule has 27 heavy (non-hydrogen) atoms. The Labute approximate surface area is 169 Å². The van der Waals surface area contributed by atoms with Crippen LogP contribution < -0.4 is 4.72 Å². The number of rotatable bonds is 8. The van der Waals surface area contributed by atoms with E-state index < -0.39 is 16.1 Å². The maximum absolute atomic E-state index is 12.9. The van der Waals surface area contributed by atoms with Crippen molar-refractivity contribution in [2.45, 2.75) is 36.9 Å².